The zero-order valence-corrected chi connectivity index (χ0v) is 18.8. The zero-order valence-electron chi connectivity index (χ0n) is 18.8. The molecule has 0 aliphatic carbocycles. The Morgan fingerprint density at radius 1 is 1.17 bits per heavy atom. The van der Waals surface area contributed by atoms with E-state index in [9.17, 15) is 8.78 Å². The average molecular weight is 485 g/mol. The van der Waals surface area contributed by atoms with Crippen LogP contribution in [-0.2, 0) is 19.5 Å². The van der Waals surface area contributed by atoms with E-state index in [1.807, 2.05) is 19.1 Å². The number of anilines is 1. The van der Waals surface area contributed by atoms with E-state index in [0.29, 0.717) is 42.8 Å². The van der Waals surface area contributed by atoms with E-state index in [1.165, 1.54) is 10.6 Å². The number of aromatic nitrogens is 5. The lowest BCUT2D eigenvalue weighted by atomic mass is 10.0. The Labute approximate surface area is 197 Å². The fraction of sp³-hybridized carbons (Fsp3) is 0.391. The zero-order chi connectivity index (χ0) is 24.3. The van der Waals surface area contributed by atoms with Gasteiger partial charge in [0.25, 0.3) is 0 Å². The first-order valence-electron chi connectivity index (χ1n) is 11.4. The van der Waals surface area contributed by atoms with Crippen molar-refractivity contribution >= 4 is 22.5 Å². The Balaban J connectivity index is 1.37. The smallest absolute Gasteiger partial charge is 0.395 e. The number of nitrogens with zero attached hydrogens (tertiary/aromatic N) is 6. The van der Waals surface area contributed by atoms with Gasteiger partial charge in [-0.2, -0.15) is 4.52 Å². The molecule has 6 rings (SSSR count). The number of fused-ring (bicyclic) bond motifs is 6. The van der Waals surface area contributed by atoms with Crippen LogP contribution in [0.3, 0.4) is 0 Å². The van der Waals surface area contributed by atoms with Crippen LogP contribution in [0.2, 0.25) is 0 Å². The molecule has 2 aliphatic rings. The molecule has 0 spiro atoms. The van der Waals surface area contributed by atoms with Crippen molar-refractivity contribution in [2.45, 2.75) is 57.8 Å². The van der Waals surface area contributed by atoms with Crippen LogP contribution < -0.4 is 15.2 Å². The van der Waals surface area contributed by atoms with Gasteiger partial charge in [0.15, 0.2) is 23.0 Å². The highest BCUT2D eigenvalue weighted by molar-refractivity contribution is 5.97. The van der Waals surface area contributed by atoms with Gasteiger partial charge in [0.2, 0.25) is 5.95 Å². The number of pyridine rings is 1. The Morgan fingerprint density at radius 2 is 2.03 bits per heavy atom. The molecular formula is C23H22F3N7O2. The van der Waals surface area contributed by atoms with Gasteiger partial charge in [0, 0.05) is 37.1 Å². The standard InChI is InChI=1S/C23H22F3N7O2/c1-2-4-14(24)16(32-10-12-5-3-8-28-15(12)11-32)9-18-29-21-13-6-7-17-20(35-23(25,26)34-17)19(13)30-22(27)33(21)31-18/h3,5-8,14,16H,2,4,9-11H2,1H3,(H2,27,30). The van der Waals surface area contributed by atoms with Gasteiger partial charge in [-0.3, -0.25) is 9.88 Å². The molecule has 12 heteroatoms. The van der Waals surface area contributed by atoms with Crippen LogP contribution in [0.5, 0.6) is 11.5 Å². The summed E-state index contributed by atoms with van der Waals surface area (Å²) < 4.78 is 53.1. The lowest BCUT2D eigenvalue weighted by molar-refractivity contribution is -0.286. The van der Waals surface area contributed by atoms with Gasteiger partial charge in [0.1, 0.15) is 11.7 Å². The molecular weight excluding hydrogens is 463 g/mol. The van der Waals surface area contributed by atoms with E-state index in [2.05, 4.69) is 34.4 Å². The molecule has 2 aliphatic heterocycles. The van der Waals surface area contributed by atoms with Gasteiger partial charge in [-0.15, -0.1) is 13.9 Å². The number of benzene rings is 1. The molecule has 4 aromatic rings. The number of alkyl halides is 3. The SMILES string of the molecule is CCCC(F)C(Cc1nc2c3ccc4c(c3nc(N)n2n1)OC(F)(F)O4)N1Cc2cccnc2C1. The van der Waals surface area contributed by atoms with E-state index in [4.69, 9.17) is 5.73 Å². The molecule has 0 fully saturated rings. The molecule has 182 valence electrons. The molecule has 0 amide bonds. The van der Waals surface area contributed by atoms with Crippen molar-refractivity contribution in [2.75, 3.05) is 5.73 Å². The Kier molecular flexibility index (Phi) is 4.95. The minimum absolute atomic E-state index is 0.0573. The Bertz CT molecular complexity index is 1420. The number of ether oxygens (including phenoxy) is 2. The highest BCUT2D eigenvalue weighted by atomic mass is 19.3. The van der Waals surface area contributed by atoms with Crippen molar-refractivity contribution < 1.29 is 22.6 Å². The van der Waals surface area contributed by atoms with Crippen molar-refractivity contribution in [3.8, 4) is 11.5 Å². The third-order valence-electron chi connectivity index (χ3n) is 6.43. The third-order valence-corrected chi connectivity index (χ3v) is 6.43. The fourth-order valence-corrected chi connectivity index (χ4v) is 4.83. The lowest BCUT2D eigenvalue weighted by Crippen LogP contribution is -2.40. The number of hydrogen-bond donors (Lipinski definition) is 1. The van der Waals surface area contributed by atoms with E-state index in [1.54, 1.807) is 12.3 Å². The summed E-state index contributed by atoms with van der Waals surface area (Å²) in [6.45, 7) is 3.08. The van der Waals surface area contributed by atoms with Gasteiger partial charge in [-0.05, 0) is 30.2 Å². The van der Waals surface area contributed by atoms with Crippen LogP contribution in [0, 0.1) is 0 Å². The third kappa shape index (κ3) is 3.68. The van der Waals surface area contributed by atoms with Crippen molar-refractivity contribution in [3.05, 3.63) is 47.5 Å². The van der Waals surface area contributed by atoms with Gasteiger partial charge in [-0.1, -0.05) is 19.4 Å². The largest absolute Gasteiger partial charge is 0.586 e. The Morgan fingerprint density at radius 3 is 2.83 bits per heavy atom. The maximum atomic E-state index is 15.4. The minimum Gasteiger partial charge on any atom is -0.395 e. The summed E-state index contributed by atoms with van der Waals surface area (Å²) in [6.07, 6.45) is -1.80. The number of hydrogen-bond acceptors (Lipinski definition) is 8. The molecule has 0 radical (unpaired) electrons. The number of nitrogen functional groups attached to an aromatic ring is 1. The van der Waals surface area contributed by atoms with Crippen LogP contribution in [0.15, 0.2) is 30.5 Å². The van der Waals surface area contributed by atoms with Crippen LogP contribution in [-0.4, -0.2) is 48.0 Å². The van der Waals surface area contributed by atoms with E-state index >= 15 is 4.39 Å². The van der Waals surface area contributed by atoms with Gasteiger partial charge in [-0.25, -0.2) is 14.4 Å². The topological polar surface area (TPSA) is 104 Å². The van der Waals surface area contributed by atoms with Crippen LogP contribution >= 0.6 is 0 Å². The monoisotopic (exact) mass is 485 g/mol. The summed E-state index contributed by atoms with van der Waals surface area (Å²) in [5, 5.41) is 4.89. The number of halogens is 3. The molecule has 0 bridgehead atoms. The molecule has 35 heavy (non-hydrogen) atoms. The first-order valence-corrected chi connectivity index (χ1v) is 11.4. The number of rotatable bonds is 6. The molecule has 2 unspecified atom stereocenters. The Hall–Kier alpha value is -3.67. The summed E-state index contributed by atoms with van der Waals surface area (Å²) in [5.74, 6) is -0.0290. The van der Waals surface area contributed by atoms with E-state index in [0.717, 1.165) is 11.3 Å². The summed E-state index contributed by atoms with van der Waals surface area (Å²) in [4.78, 5) is 15.3. The molecule has 0 saturated carbocycles. The fourth-order valence-electron chi connectivity index (χ4n) is 4.83. The van der Waals surface area contributed by atoms with Crippen molar-refractivity contribution in [3.63, 3.8) is 0 Å². The minimum atomic E-state index is -3.79. The van der Waals surface area contributed by atoms with Crippen molar-refractivity contribution in [2.24, 2.45) is 0 Å². The summed E-state index contributed by atoms with van der Waals surface area (Å²) >= 11 is 0. The predicted octanol–water partition coefficient (Wildman–Crippen LogP) is 3.64. The molecule has 5 heterocycles. The molecule has 0 saturated heterocycles. The second-order valence-corrected chi connectivity index (χ2v) is 8.78. The lowest BCUT2D eigenvalue weighted by Gasteiger charge is -2.29. The molecule has 2 atom stereocenters. The molecule has 1 aromatic carbocycles. The van der Waals surface area contributed by atoms with Gasteiger partial charge in [0.05, 0.1) is 5.69 Å². The second kappa shape index (κ2) is 7.94. The molecule has 3 aromatic heterocycles. The molecule has 2 N–H and O–H groups in total. The second-order valence-electron chi connectivity index (χ2n) is 8.78. The average Bonchev–Trinajstić information content (AvgIpc) is 3.51. The highest BCUT2D eigenvalue weighted by Gasteiger charge is 2.45. The normalized spacial score (nSPS) is 18.3. The van der Waals surface area contributed by atoms with E-state index < -0.39 is 18.5 Å². The highest BCUT2D eigenvalue weighted by Crippen LogP contribution is 2.45. The van der Waals surface area contributed by atoms with E-state index in [-0.39, 0.29) is 29.4 Å². The van der Waals surface area contributed by atoms with Crippen molar-refractivity contribution in [1.29, 1.82) is 0 Å². The summed E-state index contributed by atoms with van der Waals surface area (Å²) in [7, 11) is 0. The van der Waals surface area contributed by atoms with Gasteiger partial charge < -0.3 is 15.2 Å². The van der Waals surface area contributed by atoms with Gasteiger partial charge >= 0.3 is 6.29 Å². The maximum Gasteiger partial charge on any atom is 0.586 e. The summed E-state index contributed by atoms with van der Waals surface area (Å²) in [6, 6.07) is 6.32. The van der Waals surface area contributed by atoms with Crippen molar-refractivity contribution in [1.82, 2.24) is 29.5 Å². The molecule has 9 nitrogen and oxygen atoms in total. The number of nitrogens with two attached hydrogens (primary N) is 1. The van der Waals surface area contributed by atoms with Crippen LogP contribution in [0.4, 0.5) is 19.1 Å². The first kappa shape index (κ1) is 21.8. The predicted molar refractivity (Wildman–Crippen MR) is 120 cm³/mol. The quantitative estimate of drug-likeness (QED) is 0.442. The first-order chi connectivity index (χ1) is 16.8. The van der Waals surface area contributed by atoms with Crippen LogP contribution in [0.25, 0.3) is 16.6 Å². The maximum absolute atomic E-state index is 15.4. The summed E-state index contributed by atoms with van der Waals surface area (Å²) in [5.41, 5.74) is 8.52. The van der Waals surface area contributed by atoms with Crippen LogP contribution in [0.1, 0.15) is 36.8 Å².